The molecule has 0 aliphatic heterocycles. The summed E-state index contributed by atoms with van der Waals surface area (Å²) in [5.74, 6) is 0. The van der Waals surface area contributed by atoms with Crippen LogP contribution in [-0.4, -0.2) is 19.7 Å². The Hall–Kier alpha value is -1.41. The lowest BCUT2D eigenvalue weighted by molar-refractivity contribution is 0.601. The molecule has 0 amide bonds. The Morgan fingerprint density at radius 2 is 2.15 bits per heavy atom. The van der Waals surface area contributed by atoms with Crippen molar-refractivity contribution in [2.45, 2.75) is 11.8 Å². The minimum absolute atomic E-state index is 0.0440. The zero-order chi connectivity index (χ0) is 10.1. The number of hydrogen-bond donors (Lipinski definition) is 0. The van der Waals surface area contributed by atoms with Crippen LogP contribution in [0.2, 0.25) is 0 Å². The molecule has 0 aromatic carbocycles. The maximum Gasteiger partial charge on any atom is 0.176 e. The quantitative estimate of drug-likeness (QED) is 0.661. The molecule has 0 N–H and O–H groups in total. The van der Waals surface area contributed by atoms with E-state index in [9.17, 15) is 8.42 Å². The van der Waals surface area contributed by atoms with Crippen LogP contribution in [0.15, 0.2) is 17.2 Å². The van der Waals surface area contributed by atoms with Gasteiger partial charge in [-0.05, 0) is 13.0 Å². The average Bonchev–Trinajstić information content (AvgIpc) is 2.02. The van der Waals surface area contributed by atoms with Gasteiger partial charge in [-0.1, -0.05) is 0 Å². The number of hydrogen-bond acceptors (Lipinski definition) is 4. The SMILES string of the molecule is Cc1nccc(S(C)(=O)=O)c1C#N. The van der Waals surface area contributed by atoms with Gasteiger partial charge in [0.25, 0.3) is 0 Å². The van der Waals surface area contributed by atoms with Crippen molar-refractivity contribution in [2.24, 2.45) is 0 Å². The van der Waals surface area contributed by atoms with Crippen molar-refractivity contribution in [3.63, 3.8) is 0 Å². The van der Waals surface area contributed by atoms with Crippen LogP contribution in [0.25, 0.3) is 0 Å². The Kier molecular flexibility index (Phi) is 2.34. The van der Waals surface area contributed by atoms with Gasteiger partial charge in [-0.3, -0.25) is 4.98 Å². The molecule has 0 saturated heterocycles. The van der Waals surface area contributed by atoms with Crippen molar-refractivity contribution < 1.29 is 8.42 Å². The second kappa shape index (κ2) is 3.15. The third-order valence-corrected chi connectivity index (χ3v) is 2.75. The third kappa shape index (κ3) is 1.84. The Morgan fingerprint density at radius 3 is 2.54 bits per heavy atom. The van der Waals surface area contributed by atoms with E-state index in [1.807, 2.05) is 6.07 Å². The molecule has 1 aromatic rings. The summed E-state index contributed by atoms with van der Waals surface area (Å²) in [7, 11) is -3.33. The zero-order valence-corrected chi connectivity index (χ0v) is 8.09. The fraction of sp³-hybridized carbons (Fsp3) is 0.250. The minimum atomic E-state index is -3.33. The van der Waals surface area contributed by atoms with Crippen LogP contribution in [0, 0.1) is 18.3 Å². The molecular formula is C8H8N2O2S. The molecule has 13 heavy (non-hydrogen) atoms. The summed E-state index contributed by atoms with van der Waals surface area (Å²) in [6.07, 6.45) is 2.45. The maximum atomic E-state index is 11.2. The Morgan fingerprint density at radius 1 is 1.54 bits per heavy atom. The summed E-state index contributed by atoms with van der Waals surface area (Å²) in [5.41, 5.74) is 0.565. The van der Waals surface area contributed by atoms with Gasteiger partial charge < -0.3 is 0 Å². The molecule has 1 aromatic heterocycles. The van der Waals surface area contributed by atoms with E-state index >= 15 is 0 Å². The van der Waals surface area contributed by atoms with Crippen molar-refractivity contribution in [3.05, 3.63) is 23.5 Å². The van der Waals surface area contributed by atoms with Gasteiger partial charge in [0.05, 0.1) is 16.2 Å². The summed E-state index contributed by atoms with van der Waals surface area (Å²) in [6.45, 7) is 1.60. The highest BCUT2D eigenvalue weighted by atomic mass is 32.2. The standard InChI is InChI=1S/C8H8N2O2S/c1-6-7(5-9)8(3-4-10-6)13(2,11)12/h3-4H,1-2H3. The minimum Gasteiger partial charge on any atom is -0.260 e. The smallest absolute Gasteiger partial charge is 0.176 e. The first-order valence-corrected chi connectivity index (χ1v) is 5.41. The van der Waals surface area contributed by atoms with Gasteiger partial charge in [-0.2, -0.15) is 5.26 Å². The fourth-order valence-electron chi connectivity index (χ4n) is 0.988. The molecule has 1 heterocycles. The van der Waals surface area contributed by atoms with E-state index < -0.39 is 9.84 Å². The second-order valence-corrected chi connectivity index (χ2v) is 4.64. The summed E-state index contributed by atoms with van der Waals surface area (Å²) >= 11 is 0. The molecular weight excluding hydrogens is 188 g/mol. The summed E-state index contributed by atoms with van der Waals surface area (Å²) in [6, 6.07) is 3.16. The lowest BCUT2D eigenvalue weighted by Crippen LogP contribution is -2.02. The van der Waals surface area contributed by atoms with Crippen molar-refractivity contribution in [1.29, 1.82) is 5.26 Å². The van der Waals surface area contributed by atoms with E-state index in [2.05, 4.69) is 4.98 Å². The molecule has 1 rings (SSSR count). The van der Waals surface area contributed by atoms with Crippen LogP contribution in [0.4, 0.5) is 0 Å². The van der Waals surface area contributed by atoms with Crippen molar-refractivity contribution in [3.8, 4) is 6.07 Å². The van der Waals surface area contributed by atoms with Gasteiger partial charge in [0.1, 0.15) is 6.07 Å². The van der Waals surface area contributed by atoms with Gasteiger partial charge in [0.15, 0.2) is 9.84 Å². The molecule has 0 aliphatic carbocycles. The predicted molar refractivity (Wildman–Crippen MR) is 46.8 cm³/mol. The van der Waals surface area contributed by atoms with Crippen LogP contribution in [0.3, 0.4) is 0 Å². The lowest BCUT2D eigenvalue weighted by atomic mass is 10.2. The Balaban J connectivity index is 3.59. The van der Waals surface area contributed by atoms with Crippen LogP contribution < -0.4 is 0 Å². The monoisotopic (exact) mass is 196 g/mol. The van der Waals surface area contributed by atoms with E-state index in [0.717, 1.165) is 6.26 Å². The van der Waals surface area contributed by atoms with Crippen LogP contribution in [0.1, 0.15) is 11.3 Å². The van der Waals surface area contributed by atoms with Gasteiger partial charge in [-0.15, -0.1) is 0 Å². The number of aromatic nitrogens is 1. The van der Waals surface area contributed by atoms with Crippen LogP contribution >= 0.6 is 0 Å². The number of pyridine rings is 1. The van der Waals surface area contributed by atoms with Gasteiger partial charge in [0.2, 0.25) is 0 Å². The molecule has 0 fully saturated rings. The molecule has 68 valence electrons. The number of aryl methyl sites for hydroxylation is 1. The molecule has 0 saturated carbocycles. The first-order chi connectivity index (χ1) is 5.96. The van der Waals surface area contributed by atoms with E-state index in [-0.39, 0.29) is 10.5 Å². The number of rotatable bonds is 1. The van der Waals surface area contributed by atoms with Gasteiger partial charge >= 0.3 is 0 Å². The average molecular weight is 196 g/mol. The van der Waals surface area contributed by atoms with Gasteiger partial charge in [0, 0.05) is 12.5 Å². The zero-order valence-electron chi connectivity index (χ0n) is 7.27. The molecule has 5 heteroatoms. The van der Waals surface area contributed by atoms with Gasteiger partial charge in [-0.25, -0.2) is 8.42 Å². The van der Waals surface area contributed by atoms with Crippen LogP contribution in [0.5, 0.6) is 0 Å². The molecule has 0 spiro atoms. The molecule has 0 aliphatic rings. The highest BCUT2D eigenvalue weighted by Crippen LogP contribution is 2.15. The summed E-state index contributed by atoms with van der Waals surface area (Å²) in [4.78, 5) is 3.88. The molecule has 0 unspecified atom stereocenters. The third-order valence-electron chi connectivity index (χ3n) is 1.61. The fourth-order valence-corrected chi connectivity index (χ4v) is 1.86. The first kappa shape index (κ1) is 9.68. The lowest BCUT2D eigenvalue weighted by Gasteiger charge is -2.02. The number of nitrogens with zero attached hydrogens (tertiary/aromatic N) is 2. The van der Waals surface area contributed by atoms with Crippen LogP contribution in [-0.2, 0) is 9.84 Å². The van der Waals surface area contributed by atoms with Crippen molar-refractivity contribution in [2.75, 3.05) is 6.26 Å². The topological polar surface area (TPSA) is 70.8 Å². The molecule has 4 nitrogen and oxygen atoms in total. The second-order valence-electron chi connectivity index (χ2n) is 2.65. The molecule has 0 atom stereocenters. The Labute approximate surface area is 76.8 Å². The molecule has 0 bridgehead atoms. The summed E-state index contributed by atoms with van der Waals surface area (Å²) < 4.78 is 22.4. The van der Waals surface area contributed by atoms with E-state index in [4.69, 9.17) is 5.26 Å². The maximum absolute atomic E-state index is 11.2. The number of sulfone groups is 1. The van der Waals surface area contributed by atoms with E-state index in [0.29, 0.717) is 5.69 Å². The summed E-state index contributed by atoms with van der Waals surface area (Å²) in [5, 5.41) is 8.71. The largest absolute Gasteiger partial charge is 0.260 e. The van der Waals surface area contributed by atoms with E-state index in [1.165, 1.54) is 12.3 Å². The Bertz CT molecular complexity index is 471. The number of nitriles is 1. The normalized spacial score (nSPS) is 10.8. The van der Waals surface area contributed by atoms with Crippen molar-refractivity contribution >= 4 is 9.84 Å². The van der Waals surface area contributed by atoms with Crippen molar-refractivity contribution in [1.82, 2.24) is 4.98 Å². The highest BCUT2D eigenvalue weighted by molar-refractivity contribution is 7.90. The highest BCUT2D eigenvalue weighted by Gasteiger charge is 2.14. The first-order valence-electron chi connectivity index (χ1n) is 3.52. The molecule has 0 radical (unpaired) electrons. The van der Waals surface area contributed by atoms with E-state index in [1.54, 1.807) is 6.92 Å². The predicted octanol–water partition coefficient (Wildman–Crippen LogP) is 0.665.